The molecule has 2 amide bonds. The number of pyridine rings is 1. The summed E-state index contributed by atoms with van der Waals surface area (Å²) in [6.45, 7) is 2.73. The molecule has 5 nitrogen and oxygen atoms in total. The Kier molecular flexibility index (Phi) is 5.23. The van der Waals surface area contributed by atoms with Crippen LogP contribution >= 0.6 is 0 Å². The lowest BCUT2D eigenvalue weighted by Crippen LogP contribution is -2.42. The van der Waals surface area contributed by atoms with Crippen LogP contribution in [0.15, 0.2) is 48.8 Å². The average Bonchev–Trinajstić information content (AvgIpc) is 2.64. The molecule has 1 aromatic heterocycles. The van der Waals surface area contributed by atoms with Gasteiger partial charge in [0.1, 0.15) is 0 Å². The molecule has 0 bridgehead atoms. The number of amides is 2. The third-order valence-corrected chi connectivity index (χ3v) is 4.18. The van der Waals surface area contributed by atoms with Crippen molar-refractivity contribution in [1.82, 2.24) is 10.3 Å². The molecular weight excluding hydrogens is 314 g/mol. The predicted molar refractivity (Wildman–Crippen MR) is 98.1 cm³/mol. The zero-order valence-electron chi connectivity index (χ0n) is 14.2. The van der Waals surface area contributed by atoms with Crippen molar-refractivity contribution in [3.63, 3.8) is 0 Å². The van der Waals surface area contributed by atoms with E-state index in [1.165, 1.54) is 17.2 Å². The molecule has 2 aromatic rings. The Balaban J connectivity index is 1.58. The van der Waals surface area contributed by atoms with Gasteiger partial charge in [0.25, 0.3) is 0 Å². The van der Waals surface area contributed by atoms with Gasteiger partial charge in [0.05, 0.1) is 6.54 Å². The average molecular weight is 335 g/mol. The molecule has 0 radical (unpaired) electrons. The van der Waals surface area contributed by atoms with Crippen molar-refractivity contribution in [1.29, 1.82) is 0 Å². The van der Waals surface area contributed by atoms with Gasteiger partial charge in [0, 0.05) is 30.7 Å². The second-order valence-corrected chi connectivity index (χ2v) is 6.12. The van der Waals surface area contributed by atoms with Crippen LogP contribution in [0, 0.1) is 6.92 Å². The van der Waals surface area contributed by atoms with Crippen LogP contribution in [0.5, 0.6) is 0 Å². The summed E-state index contributed by atoms with van der Waals surface area (Å²) >= 11 is 0. The Morgan fingerprint density at radius 1 is 1.32 bits per heavy atom. The standard InChI is InChI=1S/C20H21N3O2/c1-15-6-8-18-17(12-15)5-3-11-23(18)20(25)14-22-19(24)9-7-16-4-2-10-21-13-16/h2,4,6-10,12-13H,3,5,11,14H2,1H3,(H,22,24). The van der Waals surface area contributed by atoms with Crippen molar-refractivity contribution in [2.24, 2.45) is 0 Å². The summed E-state index contributed by atoms with van der Waals surface area (Å²) in [7, 11) is 0. The summed E-state index contributed by atoms with van der Waals surface area (Å²) in [5, 5.41) is 2.65. The Morgan fingerprint density at radius 3 is 3.00 bits per heavy atom. The lowest BCUT2D eigenvalue weighted by molar-refractivity contribution is -0.122. The summed E-state index contributed by atoms with van der Waals surface area (Å²) in [5.41, 5.74) is 4.19. The molecule has 1 aromatic carbocycles. The minimum absolute atomic E-state index is 0.0104. The third-order valence-electron chi connectivity index (χ3n) is 4.18. The molecule has 128 valence electrons. The highest BCUT2D eigenvalue weighted by Gasteiger charge is 2.22. The van der Waals surface area contributed by atoms with E-state index in [9.17, 15) is 9.59 Å². The van der Waals surface area contributed by atoms with Crippen LogP contribution < -0.4 is 10.2 Å². The number of nitrogens with one attached hydrogen (secondary N) is 1. The van der Waals surface area contributed by atoms with E-state index < -0.39 is 0 Å². The van der Waals surface area contributed by atoms with Crippen LogP contribution in [0.1, 0.15) is 23.1 Å². The Labute approximate surface area is 147 Å². The maximum absolute atomic E-state index is 12.5. The summed E-state index contributed by atoms with van der Waals surface area (Å²) in [5.74, 6) is -0.383. The molecule has 1 aliphatic heterocycles. The number of anilines is 1. The lowest BCUT2D eigenvalue weighted by Gasteiger charge is -2.29. The smallest absolute Gasteiger partial charge is 0.246 e. The number of hydrogen-bond acceptors (Lipinski definition) is 3. The van der Waals surface area contributed by atoms with Gasteiger partial charge in [-0.3, -0.25) is 14.6 Å². The van der Waals surface area contributed by atoms with E-state index in [-0.39, 0.29) is 18.4 Å². The molecule has 0 saturated carbocycles. The summed E-state index contributed by atoms with van der Waals surface area (Å²) in [6.07, 6.45) is 8.36. The molecule has 0 spiro atoms. The van der Waals surface area contributed by atoms with Crippen LogP contribution in [0.3, 0.4) is 0 Å². The van der Waals surface area contributed by atoms with E-state index in [0.29, 0.717) is 6.54 Å². The normalized spacial score (nSPS) is 13.6. The number of carbonyl (C=O) groups excluding carboxylic acids is 2. The molecule has 25 heavy (non-hydrogen) atoms. The van der Waals surface area contributed by atoms with Gasteiger partial charge in [-0.25, -0.2) is 0 Å². The topological polar surface area (TPSA) is 62.3 Å². The molecule has 0 saturated heterocycles. The second-order valence-electron chi connectivity index (χ2n) is 6.12. The van der Waals surface area contributed by atoms with Gasteiger partial charge < -0.3 is 10.2 Å². The van der Waals surface area contributed by atoms with E-state index in [1.807, 2.05) is 18.2 Å². The largest absolute Gasteiger partial charge is 0.343 e. The SMILES string of the molecule is Cc1ccc2c(c1)CCCN2C(=O)CNC(=O)C=Cc1cccnc1. The minimum atomic E-state index is -0.293. The van der Waals surface area contributed by atoms with Crippen molar-refractivity contribution in [3.05, 3.63) is 65.5 Å². The highest BCUT2D eigenvalue weighted by molar-refractivity contribution is 6.00. The zero-order chi connectivity index (χ0) is 17.6. The third kappa shape index (κ3) is 4.32. The van der Waals surface area contributed by atoms with Gasteiger partial charge in [0.2, 0.25) is 11.8 Å². The minimum Gasteiger partial charge on any atom is -0.343 e. The fraction of sp³-hybridized carbons (Fsp3) is 0.250. The highest BCUT2D eigenvalue weighted by atomic mass is 16.2. The molecule has 0 atom stereocenters. The molecule has 0 aliphatic carbocycles. The molecule has 1 aliphatic rings. The molecule has 1 N–H and O–H groups in total. The maximum Gasteiger partial charge on any atom is 0.246 e. The van der Waals surface area contributed by atoms with Crippen molar-refractivity contribution in [3.8, 4) is 0 Å². The van der Waals surface area contributed by atoms with Gasteiger partial charge in [0.15, 0.2) is 0 Å². The zero-order valence-corrected chi connectivity index (χ0v) is 14.2. The predicted octanol–water partition coefficient (Wildman–Crippen LogP) is 2.50. The monoisotopic (exact) mass is 335 g/mol. The van der Waals surface area contributed by atoms with Gasteiger partial charge in [-0.1, -0.05) is 23.8 Å². The number of carbonyl (C=O) groups is 2. The van der Waals surface area contributed by atoms with Crippen LogP contribution in [0.2, 0.25) is 0 Å². The van der Waals surface area contributed by atoms with Crippen molar-refractivity contribution in [2.45, 2.75) is 19.8 Å². The fourth-order valence-electron chi connectivity index (χ4n) is 2.95. The van der Waals surface area contributed by atoms with Gasteiger partial charge in [-0.15, -0.1) is 0 Å². The van der Waals surface area contributed by atoms with E-state index in [0.717, 1.165) is 24.1 Å². The molecule has 2 heterocycles. The summed E-state index contributed by atoms with van der Waals surface area (Å²) < 4.78 is 0. The fourth-order valence-corrected chi connectivity index (χ4v) is 2.95. The maximum atomic E-state index is 12.5. The van der Waals surface area contributed by atoms with Crippen LogP contribution in [-0.4, -0.2) is 29.9 Å². The summed E-state index contributed by atoms with van der Waals surface area (Å²) in [4.78, 5) is 30.2. The number of aromatic nitrogens is 1. The Bertz CT molecular complexity index is 800. The number of aryl methyl sites for hydroxylation is 2. The number of hydrogen-bond donors (Lipinski definition) is 1. The molecule has 0 fully saturated rings. The van der Waals surface area contributed by atoms with E-state index in [1.54, 1.807) is 29.4 Å². The van der Waals surface area contributed by atoms with Crippen LogP contribution in [0.4, 0.5) is 5.69 Å². The summed E-state index contributed by atoms with van der Waals surface area (Å²) in [6, 6.07) is 9.79. The van der Waals surface area contributed by atoms with E-state index in [4.69, 9.17) is 0 Å². The quantitative estimate of drug-likeness (QED) is 0.873. The van der Waals surface area contributed by atoms with Crippen molar-refractivity contribution < 1.29 is 9.59 Å². The highest BCUT2D eigenvalue weighted by Crippen LogP contribution is 2.27. The van der Waals surface area contributed by atoms with Gasteiger partial charge in [-0.2, -0.15) is 0 Å². The van der Waals surface area contributed by atoms with Crippen molar-refractivity contribution in [2.75, 3.05) is 18.0 Å². The molecule has 3 rings (SSSR count). The molecular formula is C20H21N3O2. The first kappa shape index (κ1) is 16.9. The Morgan fingerprint density at radius 2 is 2.20 bits per heavy atom. The molecule has 5 heteroatoms. The van der Waals surface area contributed by atoms with Crippen molar-refractivity contribution >= 4 is 23.6 Å². The lowest BCUT2D eigenvalue weighted by atomic mass is 9.99. The first-order chi connectivity index (χ1) is 12.1. The van der Waals surface area contributed by atoms with Gasteiger partial charge in [-0.05, 0) is 49.1 Å². The van der Waals surface area contributed by atoms with Crippen LogP contribution in [0.25, 0.3) is 6.08 Å². The number of rotatable bonds is 4. The van der Waals surface area contributed by atoms with E-state index >= 15 is 0 Å². The van der Waals surface area contributed by atoms with Crippen LogP contribution in [-0.2, 0) is 16.0 Å². The van der Waals surface area contributed by atoms with E-state index in [2.05, 4.69) is 23.3 Å². The number of nitrogens with zero attached hydrogens (tertiary/aromatic N) is 2. The second kappa shape index (κ2) is 7.75. The van der Waals surface area contributed by atoms with Gasteiger partial charge >= 0.3 is 0 Å². The number of fused-ring (bicyclic) bond motifs is 1. The number of benzene rings is 1. The first-order valence-corrected chi connectivity index (χ1v) is 8.39. The first-order valence-electron chi connectivity index (χ1n) is 8.39. The Hall–Kier alpha value is -2.95. The molecule has 0 unspecified atom stereocenters.